The van der Waals surface area contributed by atoms with E-state index in [9.17, 15) is 14.0 Å². The van der Waals surface area contributed by atoms with E-state index in [0.29, 0.717) is 24.0 Å². The standard InChI is InChI=1S/C20H17FN2O3/c1-12-15-4-2-3-5-16(15)26-17(12)18(24)22-23-19(25)20(10-11-20)13-6-8-14(21)9-7-13/h2-9H,10-11H2,1H3,(H,22,24)(H,23,25). The minimum absolute atomic E-state index is 0.165. The van der Waals surface area contributed by atoms with Gasteiger partial charge in [-0.3, -0.25) is 20.4 Å². The summed E-state index contributed by atoms with van der Waals surface area (Å²) in [6.07, 6.45) is 1.31. The molecule has 0 unspecified atom stereocenters. The largest absolute Gasteiger partial charge is 0.451 e. The van der Waals surface area contributed by atoms with Crippen LogP contribution in [0.25, 0.3) is 11.0 Å². The maximum absolute atomic E-state index is 13.1. The van der Waals surface area contributed by atoms with Gasteiger partial charge < -0.3 is 4.42 Å². The summed E-state index contributed by atoms with van der Waals surface area (Å²) in [4.78, 5) is 25.0. The molecule has 4 rings (SSSR count). The molecule has 5 nitrogen and oxygen atoms in total. The Bertz CT molecular complexity index is 1000. The summed E-state index contributed by atoms with van der Waals surface area (Å²) >= 11 is 0. The summed E-state index contributed by atoms with van der Waals surface area (Å²) in [5.74, 6) is -1.01. The number of nitrogens with one attached hydrogen (secondary N) is 2. The molecule has 0 radical (unpaired) electrons. The fourth-order valence-corrected chi connectivity index (χ4v) is 3.22. The van der Waals surface area contributed by atoms with Crippen molar-refractivity contribution in [2.24, 2.45) is 0 Å². The first-order chi connectivity index (χ1) is 12.5. The third-order valence-electron chi connectivity index (χ3n) is 4.92. The van der Waals surface area contributed by atoms with Crippen LogP contribution in [0.2, 0.25) is 0 Å². The third-order valence-corrected chi connectivity index (χ3v) is 4.92. The Kier molecular flexibility index (Phi) is 3.76. The second-order valence-electron chi connectivity index (χ2n) is 6.55. The predicted octanol–water partition coefficient (Wildman–Crippen LogP) is 3.37. The number of para-hydroxylation sites is 1. The van der Waals surface area contributed by atoms with Crippen molar-refractivity contribution in [2.75, 3.05) is 0 Å². The van der Waals surface area contributed by atoms with E-state index in [1.807, 2.05) is 18.2 Å². The molecule has 0 atom stereocenters. The maximum atomic E-state index is 13.1. The fraction of sp³-hybridized carbons (Fsp3) is 0.200. The minimum Gasteiger partial charge on any atom is -0.451 e. The molecule has 0 spiro atoms. The molecule has 0 saturated heterocycles. The zero-order chi connectivity index (χ0) is 18.3. The zero-order valence-corrected chi connectivity index (χ0v) is 14.1. The Morgan fingerprint density at radius 2 is 1.73 bits per heavy atom. The maximum Gasteiger partial charge on any atom is 0.305 e. The van der Waals surface area contributed by atoms with E-state index >= 15 is 0 Å². The summed E-state index contributed by atoms with van der Waals surface area (Å²) in [7, 11) is 0. The van der Waals surface area contributed by atoms with E-state index in [1.165, 1.54) is 12.1 Å². The number of amides is 2. The van der Waals surface area contributed by atoms with Gasteiger partial charge in [-0.25, -0.2) is 4.39 Å². The predicted molar refractivity (Wildman–Crippen MR) is 93.9 cm³/mol. The lowest BCUT2D eigenvalue weighted by Gasteiger charge is -2.16. The Balaban J connectivity index is 1.48. The van der Waals surface area contributed by atoms with E-state index in [0.717, 1.165) is 10.9 Å². The van der Waals surface area contributed by atoms with Crippen LogP contribution in [0.15, 0.2) is 52.9 Å². The highest BCUT2D eigenvalue weighted by atomic mass is 19.1. The molecule has 6 heteroatoms. The zero-order valence-electron chi connectivity index (χ0n) is 14.1. The van der Waals surface area contributed by atoms with Crippen molar-refractivity contribution in [3.63, 3.8) is 0 Å². The molecule has 2 N–H and O–H groups in total. The second kappa shape index (κ2) is 5.98. The van der Waals surface area contributed by atoms with Gasteiger partial charge in [0.15, 0.2) is 5.76 Å². The van der Waals surface area contributed by atoms with Gasteiger partial charge >= 0.3 is 5.91 Å². The normalized spacial score (nSPS) is 14.8. The van der Waals surface area contributed by atoms with Crippen LogP contribution < -0.4 is 10.9 Å². The van der Waals surface area contributed by atoms with Gasteiger partial charge in [0.05, 0.1) is 5.41 Å². The molecule has 3 aromatic rings. The highest BCUT2D eigenvalue weighted by Crippen LogP contribution is 2.48. The number of carbonyl (C=O) groups excluding carboxylic acids is 2. The molecule has 1 aliphatic rings. The summed E-state index contributed by atoms with van der Waals surface area (Å²) in [6.45, 7) is 1.80. The van der Waals surface area contributed by atoms with E-state index < -0.39 is 11.3 Å². The lowest BCUT2D eigenvalue weighted by molar-refractivity contribution is -0.124. The quantitative estimate of drug-likeness (QED) is 0.710. The number of hydrazine groups is 1. The molecular formula is C20H17FN2O3. The number of hydrogen-bond donors (Lipinski definition) is 2. The smallest absolute Gasteiger partial charge is 0.305 e. The topological polar surface area (TPSA) is 71.3 Å². The molecule has 1 aromatic heterocycles. The van der Waals surface area contributed by atoms with Gasteiger partial charge in [-0.1, -0.05) is 30.3 Å². The SMILES string of the molecule is Cc1c(C(=O)NNC(=O)C2(c3ccc(F)cc3)CC2)oc2ccccc12. The van der Waals surface area contributed by atoms with E-state index in [-0.39, 0.29) is 17.5 Å². The van der Waals surface area contributed by atoms with Gasteiger partial charge in [-0.2, -0.15) is 0 Å². The number of carbonyl (C=O) groups is 2. The van der Waals surface area contributed by atoms with Gasteiger partial charge in [-0.05, 0) is 43.5 Å². The molecule has 2 aromatic carbocycles. The van der Waals surface area contributed by atoms with E-state index in [1.54, 1.807) is 25.1 Å². The van der Waals surface area contributed by atoms with Gasteiger partial charge in [0.2, 0.25) is 5.91 Å². The highest BCUT2D eigenvalue weighted by Gasteiger charge is 2.51. The van der Waals surface area contributed by atoms with E-state index in [2.05, 4.69) is 10.9 Å². The number of fused-ring (bicyclic) bond motifs is 1. The van der Waals surface area contributed by atoms with Crippen LogP contribution in [-0.2, 0) is 10.2 Å². The van der Waals surface area contributed by atoms with Crippen molar-refractivity contribution in [3.05, 3.63) is 71.2 Å². The van der Waals surface area contributed by atoms with Crippen LogP contribution in [0.3, 0.4) is 0 Å². The van der Waals surface area contributed by atoms with Gasteiger partial charge in [0.25, 0.3) is 0 Å². The number of hydrogen-bond acceptors (Lipinski definition) is 3. The van der Waals surface area contributed by atoms with Gasteiger partial charge in [0, 0.05) is 10.9 Å². The van der Waals surface area contributed by atoms with Crippen LogP contribution in [0.5, 0.6) is 0 Å². The number of benzene rings is 2. The average molecular weight is 352 g/mol. The Morgan fingerprint density at radius 1 is 1.04 bits per heavy atom. The van der Waals surface area contributed by atoms with Crippen molar-refractivity contribution in [1.82, 2.24) is 10.9 Å². The lowest BCUT2D eigenvalue weighted by Crippen LogP contribution is -2.46. The molecular weight excluding hydrogens is 335 g/mol. The van der Waals surface area contributed by atoms with E-state index in [4.69, 9.17) is 4.42 Å². The molecule has 1 fully saturated rings. The van der Waals surface area contributed by atoms with Crippen LogP contribution >= 0.6 is 0 Å². The summed E-state index contributed by atoms with van der Waals surface area (Å²) in [6, 6.07) is 13.2. The molecule has 0 aliphatic heterocycles. The average Bonchev–Trinajstić information content (AvgIpc) is 3.40. The number of rotatable bonds is 3. The Hall–Kier alpha value is -3.15. The molecule has 1 saturated carbocycles. The fourth-order valence-electron chi connectivity index (χ4n) is 3.22. The van der Waals surface area contributed by atoms with Crippen molar-refractivity contribution < 1.29 is 18.4 Å². The molecule has 1 heterocycles. The summed E-state index contributed by atoms with van der Waals surface area (Å²) in [5.41, 5.74) is 6.27. The summed E-state index contributed by atoms with van der Waals surface area (Å²) in [5, 5.41) is 0.856. The first kappa shape index (κ1) is 16.3. The Morgan fingerprint density at radius 3 is 2.38 bits per heavy atom. The Labute approximate surface area is 149 Å². The molecule has 26 heavy (non-hydrogen) atoms. The number of furan rings is 1. The number of halogens is 1. The summed E-state index contributed by atoms with van der Waals surface area (Å²) < 4.78 is 18.7. The minimum atomic E-state index is -0.704. The monoisotopic (exact) mass is 352 g/mol. The van der Waals surface area contributed by atoms with Crippen molar-refractivity contribution in [3.8, 4) is 0 Å². The van der Waals surface area contributed by atoms with Crippen molar-refractivity contribution in [1.29, 1.82) is 0 Å². The first-order valence-corrected chi connectivity index (χ1v) is 8.36. The highest BCUT2D eigenvalue weighted by molar-refractivity contribution is 6.00. The van der Waals surface area contributed by atoms with Gasteiger partial charge in [0.1, 0.15) is 11.4 Å². The molecule has 0 bridgehead atoms. The first-order valence-electron chi connectivity index (χ1n) is 8.36. The van der Waals surface area contributed by atoms with Crippen LogP contribution in [0.1, 0.15) is 34.5 Å². The lowest BCUT2D eigenvalue weighted by atomic mass is 9.95. The molecule has 1 aliphatic carbocycles. The second-order valence-corrected chi connectivity index (χ2v) is 6.55. The molecule has 2 amide bonds. The van der Waals surface area contributed by atoms with Crippen LogP contribution in [-0.4, -0.2) is 11.8 Å². The van der Waals surface area contributed by atoms with Crippen molar-refractivity contribution in [2.45, 2.75) is 25.2 Å². The van der Waals surface area contributed by atoms with Crippen LogP contribution in [0, 0.1) is 12.7 Å². The third kappa shape index (κ3) is 2.63. The van der Waals surface area contributed by atoms with Crippen molar-refractivity contribution >= 4 is 22.8 Å². The van der Waals surface area contributed by atoms with Crippen LogP contribution in [0.4, 0.5) is 4.39 Å². The number of aryl methyl sites for hydroxylation is 1. The molecule has 132 valence electrons. The van der Waals surface area contributed by atoms with Gasteiger partial charge in [-0.15, -0.1) is 0 Å².